The zero-order chi connectivity index (χ0) is 15.8. The van der Waals surface area contributed by atoms with Crippen molar-refractivity contribution in [1.82, 2.24) is 5.32 Å². The highest BCUT2D eigenvalue weighted by Gasteiger charge is 2.52. The molecule has 2 aliphatic heterocycles. The second kappa shape index (κ2) is 6.18. The normalized spacial score (nSPS) is 38.9. The van der Waals surface area contributed by atoms with Gasteiger partial charge < -0.3 is 29.4 Å². The van der Waals surface area contributed by atoms with Gasteiger partial charge >= 0.3 is 0 Å². The molecule has 2 heterocycles. The van der Waals surface area contributed by atoms with Crippen molar-refractivity contribution in [3.8, 4) is 0 Å². The van der Waals surface area contributed by atoms with Crippen LogP contribution in [-0.2, 0) is 23.7 Å². The fourth-order valence-corrected chi connectivity index (χ4v) is 2.71. The summed E-state index contributed by atoms with van der Waals surface area (Å²) < 4.78 is 22.9. The number of nitrogens with one attached hydrogen (secondary N) is 1. The van der Waals surface area contributed by atoms with Gasteiger partial charge in [-0.2, -0.15) is 0 Å². The highest BCUT2D eigenvalue weighted by atomic mass is 16.7. The van der Waals surface area contributed by atoms with E-state index in [4.69, 9.17) is 18.9 Å². The van der Waals surface area contributed by atoms with Gasteiger partial charge in [0.2, 0.25) is 5.91 Å². The molecule has 21 heavy (non-hydrogen) atoms. The van der Waals surface area contributed by atoms with Gasteiger partial charge in [0, 0.05) is 6.92 Å². The maximum absolute atomic E-state index is 11.4. The second-order valence-electron chi connectivity index (χ2n) is 6.23. The number of hydrogen-bond donors (Lipinski definition) is 2. The minimum Gasteiger partial charge on any atom is -0.370 e. The Kier molecular flexibility index (Phi) is 4.89. The fourth-order valence-electron chi connectivity index (χ4n) is 2.71. The Morgan fingerprint density at radius 1 is 1.43 bits per heavy atom. The van der Waals surface area contributed by atoms with Crippen molar-refractivity contribution >= 4 is 5.91 Å². The van der Waals surface area contributed by atoms with Crippen molar-refractivity contribution in [2.24, 2.45) is 0 Å². The molecule has 7 heteroatoms. The van der Waals surface area contributed by atoms with E-state index < -0.39 is 36.4 Å². The summed E-state index contributed by atoms with van der Waals surface area (Å²) in [6.45, 7) is 9.11. The van der Waals surface area contributed by atoms with E-state index >= 15 is 0 Å². The molecule has 7 nitrogen and oxygen atoms in total. The average molecular weight is 303 g/mol. The molecule has 0 aromatic rings. The Bertz CT molecular complexity index is 386. The van der Waals surface area contributed by atoms with Crippen LogP contribution < -0.4 is 5.32 Å². The second-order valence-corrected chi connectivity index (χ2v) is 6.23. The number of hydrogen-bond acceptors (Lipinski definition) is 6. The lowest BCUT2D eigenvalue weighted by atomic mass is 9.95. The van der Waals surface area contributed by atoms with Crippen molar-refractivity contribution in [1.29, 1.82) is 0 Å². The fraction of sp³-hybridized carbons (Fsp3) is 0.929. The first-order valence-corrected chi connectivity index (χ1v) is 7.27. The van der Waals surface area contributed by atoms with E-state index in [0.29, 0.717) is 6.61 Å². The third kappa shape index (κ3) is 3.92. The third-order valence-corrected chi connectivity index (χ3v) is 3.48. The Morgan fingerprint density at radius 3 is 2.67 bits per heavy atom. The van der Waals surface area contributed by atoms with Crippen LogP contribution in [0.5, 0.6) is 0 Å². The number of fused-ring (bicyclic) bond motifs is 1. The van der Waals surface area contributed by atoms with Crippen molar-refractivity contribution in [3.63, 3.8) is 0 Å². The van der Waals surface area contributed by atoms with Gasteiger partial charge in [0.25, 0.3) is 0 Å². The number of aliphatic hydroxyl groups excluding tert-OH is 1. The van der Waals surface area contributed by atoms with Gasteiger partial charge in [-0.25, -0.2) is 0 Å². The Labute approximate surface area is 124 Å². The van der Waals surface area contributed by atoms with E-state index in [-0.39, 0.29) is 12.0 Å². The van der Waals surface area contributed by atoms with Gasteiger partial charge in [0.1, 0.15) is 24.4 Å². The summed E-state index contributed by atoms with van der Waals surface area (Å²) in [6.07, 6.45) is -2.59. The van der Waals surface area contributed by atoms with E-state index in [2.05, 4.69) is 5.32 Å². The molecule has 2 fully saturated rings. The van der Waals surface area contributed by atoms with Gasteiger partial charge in [-0.15, -0.1) is 0 Å². The molecule has 0 aromatic heterocycles. The highest BCUT2D eigenvalue weighted by molar-refractivity contribution is 5.73. The minimum atomic E-state index is -1.16. The van der Waals surface area contributed by atoms with Crippen LogP contribution in [0.3, 0.4) is 0 Å². The zero-order valence-electron chi connectivity index (χ0n) is 13.2. The number of carbonyl (C=O) groups excluding carboxylic acids is 1. The van der Waals surface area contributed by atoms with Crippen LogP contribution in [0.1, 0.15) is 34.6 Å². The van der Waals surface area contributed by atoms with Gasteiger partial charge in [0.05, 0.1) is 12.7 Å². The van der Waals surface area contributed by atoms with Crippen molar-refractivity contribution in [3.05, 3.63) is 0 Å². The quantitative estimate of drug-likeness (QED) is 0.772. The molecule has 2 rings (SSSR count). The van der Waals surface area contributed by atoms with Crippen molar-refractivity contribution in [2.75, 3.05) is 6.61 Å². The molecule has 1 amide bonds. The first-order valence-electron chi connectivity index (χ1n) is 7.27. The van der Waals surface area contributed by atoms with E-state index in [9.17, 15) is 9.90 Å². The molecule has 2 aliphatic rings. The Hall–Kier alpha value is -0.730. The molecule has 0 saturated carbocycles. The number of carbonyl (C=O) groups is 1. The monoisotopic (exact) mass is 303 g/mol. The molecule has 0 radical (unpaired) electrons. The molecule has 0 aliphatic carbocycles. The lowest BCUT2D eigenvalue weighted by Gasteiger charge is -2.50. The molecule has 0 unspecified atom stereocenters. The number of ether oxygens (including phenoxy) is 4. The maximum atomic E-state index is 11.4. The standard InChI is InChI=1S/C14H25NO6/c1-7(2)19-12-10(15-8(3)16)13(17)20-9-6-18-14(4,5)21-11(9)12/h7,9-13,17H,6H2,1-5H3,(H,15,16)/t9-,10-,11-,12-,13+/m1/s1. The van der Waals surface area contributed by atoms with E-state index in [0.717, 1.165) is 0 Å². The first-order chi connectivity index (χ1) is 9.69. The molecule has 5 atom stereocenters. The van der Waals surface area contributed by atoms with Crippen LogP contribution in [0.15, 0.2) is 0 Å². The third-order valence-electron chi connectivity index (χ3n) is 3.48. The molecule has 0 aromatic carbocycles. The summed E-state index contributed by atoms with van der Waals surface area (Å²) in [4.78, 5) is 11.4. The van der Waals surface area contributed by atoms with Crippen LogP contribution >= 0.6 is 0 Å². The highest BCUT2D eigenvalue weighted by Crippen LogP contribution is 2.33. The van der Waals surface area contributed by atoms with Crippen LogP contribution in [0.2, 0.25) is 0 Å². The summed E-state index contributed by atoms with van der Waals surface area (Å²) in [5, 5.41) is 12.8. The zero-order valence-corrected chi connectivity index (χ0v) is 13.2. The van der Waals surface area contributed by atoms with Crippen LogP contribution in [0.4, 0.5) is 0 Å². The number of amides is 1. The predicted octanol–water partition coefficient (Wildman–Crippen LogP) is 0.153. The largest absolute Gasteiger partial charge is 0.370 e. The van der Waals surface area contributed by atoms with Crippen LogP contribution in [-0.4, -0.2) is 60.2 Å². The molecular formula is C14H25NO6. The lowest BCUT2D eigenvalue weighted by molar-refractivity contribution is -0.369. The number of aliphatic hydroxyl groups is 1. The van der Waals surface area contributed by atoms with Crippen molar-refractivity contribution < 1.29 is 28.8 Å². The Morgan fingerprint density at radius 2 is 2.10 bits per heavy atom. The van der Waals surface area contributed by atoms with Gasteiger partial charge in [-0.3, -0.25) is 4.79 Å². The summed E-state index contributed by atoms with van der Waals surface area (Å²) in [5.74, 6) is -1.02. The predicted molar refractivity (Wildman–Crippen MR) is 73.4 cm³/mol. The van der Waals surface area contributed by atoms with E-state index in [1.165, 1.54) is 6.92 Å². The number of rotatable bonds is 3. The molecule has 122 valence electrons. The SMILES string of the molecule is CC(=O)N[C@@H]1[C@@H](OC(C)C)[C@@H]2OC(C)(C)OC[C@H]2O[C@@H]1O. The van der Waals surface area contributed by atoms with E-state index in [1.807, 2.05) is 27.7 Å². The minimum absolute atomic E-state index is 0.0771. The topological polar surface area (TPSA) is 86.3 Å². The smallest absolute Gasteiger partial charge is 0.217 e. The summed E-state index contributed by atoms with van der Waals surface area (Å²) >= 11 is 0. The Balaban J connectivity index is 2.23. The lowest BCUT2D eigenvalue weighted by Crippen LogP contribution is -2.68. The van der Waals surface area contributed by atoms with E-state index in [1.54, 1.807) is 0 Å². The molecular weight excluding hydrogens is 278 g/mol. The van der Waals surface area contributed by atoms with Gasteiger partial charge in [0.15, 0.2) is 12.1 Å². The first kappa shape index (κ1) is 16.6. The van der Waals surface area contributed by atoms with Crippen molar-refractivity contribution in [2.45, 2.75) is 77.2 Å². The molecule has 0 bridgehead atoms. The summed E-state index contributed by atoms with van der Waals surface area (Å²) in [5.41, 5.74) is 0. The maximum Gasteiger partial charge on any atom is 0.217 e. The molecule has 2 saturated heterocycles. The van der Waals surface area contributed by atoms with Crippen LogP contribution in [0.25, 0.3) is 0 Å². The van der Waals surface area contributed by atoms with Gasteiger partial charge in [-0.05, 0) is 27.7 Å². The molecule has 2 N–H and O–H groups in total. The van der Waals surface area contributed by atoms with Crippen LogP contribution in [0, 0.1) is 0 Å². The average Bonchev–Trinajstić information content (AvgIpc) is 2.33. The van der Waals surface area contributed by atoms with Gasteiger partial charge in [-0.1, -0.05) is 0 Å². The molecule has 0 spiro atoms. The summed E-state index contributed by atoms with van der Waals surface area (Å²) in [6, 6.07) is -0.681. The summed E-state index contributed by atoms with van der Waals surface area (Å²) in [7, 11) is 0.